The Bertz CT molecular complexity index is 3700. The van der Waals surface area contributed by atoms with Crippen LogP contribution in [0.2, 0.25) is 0 Å². The van der Waals surface area contributed by atoms with E-state index in [4.69, 9.17) is 15.0 Å². The first kappa shape index (κ1) is 41.6. The molecule has 3 heteroatoms. The third kappa shape index (κ3) is 6.60. The minimum absolute atomic E-state index is 0.167. The third-order valence-corrected chi connectivity index (χ3v) is 15.2. The minimum atomic E-state index is -0.512. The fourth-order valence-electron chi connectivity index (χ4n) is 11.9. The summed E-state index contributed by atoms with van der Waals surface area (Å²) >= 11 is 0. The molecule has 3 aliphatic carbocycles. The Morgan fingerprint density at radius 3 is 1.47 bits per heavy atom. The van der Waals surface area contributed by atoms with Crippen LogP contribution in [-0.2, 0) is 10.8 Å². The minimum Gasteiger partial charge on any atom is -0.208 e. The van der Waals surface area contributed by atoms with Crippen molar-refractivity contribution in [2.45, 2.75) is 37.5 Å². The number of nitrogens with zero attached hydrogens (tertiary/aromatic N) is 3. The monoisotopic (exact) mass is 895 g/mol. The first-order valence-corrected chi connectivity index (χ1v) is 24.5. The number of aromatic nitrogens is 3. The van der Waals surface area contributed by atoms with E-state index in [0.29, 0.717) is 17.5 Å². The molecule has 0 amide bonds. The lowest BCUT2D eigenvalue weighted by molar-refractivity contribution is 0.536. The van der Waals surface area contributed by atoms with Crippen LogP contribution in [0.5, 0.6) is 0 Å². The van der Waals surface area contributed by atoms with E-state index in [0.717, 1.165) is 35.1 Å². The van der Waals surface area contributed by atoms with E-state index in [9.17, 15) is 0 Å². The first-order valence-electron chi connectivity index (χ1n) is 24.5. The Kier molecular flexibility index (Phi) is 9.88. The van der Waals surface area contributed by atoms with E-state index in [1.54, 1.807) is 0 Å². The van der Waals surface area contributed by atoms with Gasteiger partial charge in [0.05, 0.1) is 5.41 Å². The van der Waals surface area contributed by atoms with Crippen LogP contribution in [0.3, 0.4) is 0 Å². The van der Waals surface area contributed by atoms with Crippen molar-refractivity contribution in [3.05, 3.63) is 270 Å². The topological polar surface area (TPSA) is 38.7 Å². The van der Waals surface area contributed by atoms with Crippen molar-refractivity contribution in [1.29, 1.82) is 0 Å². The molecule has 9 aromatic carbocycles. The lowest BCUT2D eigenvalue weighted by atomic mass is 9.54. The maximum atomic E-state index is 5.44. The van der Waals surface area contributed by atoms with Crippen LogP contribution >= 0.6 is 0 Å². The summed E-state index contributed by atoms with van der Waals surface area (Å²) in [4.78, 5) is 16.0. The molecule has 10 aromatic rings. The Labute approximate surface area is 410 Å². The van der Waals surface area contributed by atoms with Crippen molar-refractivity contribution in [3.8, 4) is 89.8 Å². The van der Waals surface area contributed by atoms with Gasteiger partial charge in [0.25, 0.3) is 0 Å². The summed E-state index contributed by atoms with van der Waals surface area (Å²) in [6, 6.07) is 81.2. The van der Waals surface area contributed by atoms with Crippen LogP contribution in [0.15, 0.2) is 248 Å². The summed E-state index contributed by atoms with van der Waals surface area (Å²) < 4.78 is 0. The molecule has 0 saturated carbocycles. The molecule has 1 heterocycles. The fourth-order valence-corrected chi connectivity index (χ4v) is 11.9. The number of allylic oxidation sites excluding steroid dienone is 4. The first-order chi connectivity index (χ1) is 34.5. The van der Waals surface area contributed by atoms with Gasteiger partial charge in [-0.1, -0.05) is 244 Å². The zero-order chi connectivity index (χ0) is 46.8. The molecular formula is C67H49N3. The summed E-state index contributed by atoms with van der Waals surface area (Å²) in [5.74, 6) is 1.95. The Hall–Kier alpha value is -8.53. The molecule has 0 bridgehead atoms. The highest BCUT2D eigenvalue weighted by atomic mass is 15.0. The molecule has 1 aromatic heterocycles. The maximum absolute atomic E-state index is 5.44. The van der Waals surface area contributed by atoms with Crippen molar-refractivity contribution in [2.75, 3.05) is 0 Å². The van der Waals surface area contributed by atoms with Crippen molar-refractivity contribution in [2.24, 2.45) is 0 Å². The predicted octanol–water partition coefficient (Wildman–Crippen LogP) is 16.8. The van der Waals surface area contributed by atoms with E-state index in [2.05, 4.69) is 244 Å². The third-order valence-electron chi connectivity index (χ3n) is 15.2. The van der Waals surface area contributed by atoms with E-state index >= 15 is 0 Å². The number of hydrogen-bond acceptors (Lipinski definition) is 3. The van der Waals surface area contributed by atoms with Crippen molar-refractivity contribution in [3.63, 3.8) is 0 Å². The predicted molar refractivity (Wildman–Crippen MR) is 288 cm³/mol. The van der Waals surface area contributed by atoms with Crippen LogP contribution in [0.25, 0.3) is 89.8 Å². The Balaban J connectivity index is 1.03. The quantitative estimate of drug-likeness (QED) is 0.160. The van der Waals surface area contributed by atoms with Gasteiger partial charge in [-0.3, -0.25) is 0 Å². The fraction of sp³-hybridized carbons (Fsp3) is 0.0896. The Morgan fingerprint density at radius 1 is 0.343 bits per heavy atom. The van der Waals surface area contributed by atoms with Gasteiger partial charge in [-0.05, 0) is 108 Å². The molecule has 0 aliphatic heterocycles. The van der Waals surface area contributed by atoms with Gasteiger partial charge in [0.1, 0.15) is 0 Å². The second-order valence-corrected chi connectivity index (χ2v) is 19.3. The second kappa shape index (κ2) is 16.6. The highest BCUT2D eigenvalue weighted by molar-refractivity contribution is 5.97. The van der Waals surface area contributed by atoms with Crippen LogP contribution in [0, 0.1) is 0 Å². The van der Waals surface area contributed by atoms with Gasteiger partial charge >= 0.3 is 0 Å². The molecule has 3 aliphatic rings. The average Bonchev–Trinajstić information content (AvgIpc) is 3.73. The number of hydrogen-bond donors (Lipinski definition) is 0. The molecule has 3 nitrogen and oxygen atoms in total. The average molecular weight is 896 g/mol. The highest BCUT2D eigenvalue weighted by Gasteiger charge is 2.54. The molecule has 332 valence electrons. The van der Waals surface area contributed by atoms with Crippen LogP contribution in [-0.4, -0.2) is 15.0 Å². The largest absolute Gasteiger partial charge is 0.208 e. The van der Waals surface area contributed by atoms with Gasteiger partial charge < -0.3 is 0 Å². The molecule has 13 rings (SSSR count). The number of benzene rings is 9. The molecule has 0 fully saturated rings. The summed E-state index contributed by atoms with van der Waals surface area (Å²) in [7, 11) is 0. The lowest BCUT2D eigenvalue weighted by Gasteiger charge is -2.48. The van der Waals surface area contributed by atoms with Gasteiger partial charge in [0.2, 0.25) is 0 Å². The lowest BCUT2D eigenvalue weighted by Crippen LogP contribution is -2.41. The highest BCUT2D eigenvalue weighted by Crippen LogP contribution is 2.65. The second-order valence-electron chi connectivity index (χ2n) is 19.3. The standard InChI is InChI=1S/C67H49N3/c1-66(2)57-28-14-16-30-59(57)67(60-31-17-15-29-58(60)66)56-42-41-51(46-33-37-48(38-34-46)53-26-13-12-25-52(53)47-21-8-4-9-22-47)43-55(56)62-54(27-18-32-61(62)67)65-69-63(49-23-10-5-11-24-49)68-64(70-65)50-39-35-45(36-40-50)44-19-6-3-7-20-44/h3-16,18-30,32-43H,17,31H2,1-2H3. The van der Waals surface area contributed by atoms with Gasteiger partial charge in [0.15, 0.2) is 17.5 Å². The number of fused-ring (bicyclic) bond motifs is 8. The summed E-state index contributed by atoms with van der Waals surface area (Å²) in [5.41, 5.74) is 22.3. The van der Waals surface area contributed by atoms with E-state index in [-0.39, 0.29) is 5.41 Å². The van der Waals surface area contributed by atoms with Crippen LogP contribution in [0.4, 0.5) is 0 Å². The van der Waals surface area contributed by atoms with Gasteiger partial charge in [-0.25, -0.2) is 15.0 Å². The molecule has 70 heavy (non-hydrogen) atoms. The molecule has 0 radical (unpaired) electrons. The molecule has 1 atom stereocenters. The normalized spacial score (nSPS) is 16.1. The van der Waals surface area contributed by atoms with Crippen LogP contribution in [0.1, 0.15) is 48.9 Å². The van der Waals surface area contributed by atoms with Crippen molar-refractivity contribution < 1.29 is 0 Å². The van der Waals surface area contributed by atoms with E-state index in [1.807, 2.05) is 6.07 Å². The van der Waals surface area contributed by atoms with Crippen molar-refractivity contribution in [1.82, 2.24) is 15.0 Å². The molecule has 1 unspecified atom stereocenters. The molecule has 0 saturated heterocycles. The summed E-state index contributed by atoms with van der Waals surface area (Å²) in [5, 5.41) is 0. The smallest absolute Gasteiger partial charge is 0.164 e. The number of rotatable bonds is 7. The van der Waals surface area contributed by atoms with Gasteiger partial charge in [0, 0.05) is 22.1 Å². The van der Waals surface area contributed by atoms with E-state index < -0.39 is 5.41 Å². The summed E-state index contributed by atoms with van der Waals surface area (Å²) in [6.45, 7) is 4.82. The zero-order valence-electron chi connectivity index (χ0n) is 39.3. The Morgan fingerprint density at radius 2 is 0.800 bits per heavy atom. The summed E-state index contributed by atoms with van der Waals surface area (Å²) in [6.07, 6.45) is 6.79. The maximum Gasteiger partial charge on any atom is 0.164 e. The zero-order valence-corrected chi connectivity index (χ0v) is 39.3. The van der Waals surface area contributed by atoms with Gasteiger partial charge in [-0.2, -0.15) is 0 Å². The molecular weight excluding hydrogens is 847 g/mol. The van der Waals surface area contributed by atoms with Gasteiger partial charge in [-0.15, -0.1) is 0 Å². The molecule has 1 spiro atoms. The molecule has 0 N–H and O–H groups in total. The van der Waals surface area contributed by atoms with Crippen LogP contribution < -0.4 is 0 Å². The van der Waals surface area contributed by atoms with E-state index in [1.165, 1.54) is 83.5 Å². The SMILES string of the molecule is CC1(C)C2=C(CCC=C2)C2(c3ccc(-c4ccc(-c5ccccc5-c5ccccc5)cc4)cc3-c3c(-c4nc(-c5ccccc5)nc(-c5ccc(-c6ccccc6)cc5)n4)cccc32)c2ccccc21. The van der Waals surface area contributed by atoms with Crippen molar-refractivity contribution >= 4 is 0 Å².